The second kappa shape index (κ2) is 14.8. The van der Waals surface area contributed by atoms with E-state index < -0.39 is 0 Å². The predicted molar refractivity (Wildman–Crippen MR) is 142 cm³/mol. The molecule has 0 N–H and O–H groups in total. The van der Waals surface area contributed by atoms with Crippen molar-refractivity contribution >= 4 is 15.9 Å². The molecule has 1 radical (unpaired) electrons. The summed E-state index contributed by atoms with van der Waals surface area (Å²) in [6.07, 6.45) is 21.0. The quantitative estimate of drug-likeness (QED) is 0.236. The number of ether oxygens (including phenoxy) is 1. The summed E-state index contributed by atoms with van der Waals surface area (Å²) in [5.74, 6) is 1.88. The van der Waals surface area contributed by atoms with Gasteiger partial charge in [0, 0.05) is 0 Å². The number of hydrogen-bond acceptors (Lipinski definition) is 1. The Hall–Kier alpha value is -1.28. The first-order valence-corrected chi connectivity index (χ1v) is 13.9. The van der Waals surface area contributed by atoms with Crippen LogP contribution in [0.25, 0.3) is 11.1 Å². The lowest BCUT2D eigenvalue weighted by atomic mass is 9.85. The maximum absolute atomic E-state index is 6.03. The van der Waals surface area contributed by atoms with Gasteiger partial charge >= 0.3 is 0 Å². The molecule has 0 aliphatic heterocycles. The van der Waals surface area contributed by atoms with Crippen molar-refractivity contribution in [1.82, 2.24) is 0 Å². The van der Waals surface area contributed by atoms with Gasteiger partial charge in [0.25, 0.3) is 0 Å². The zero-order valence-corrected chi connectivity index (χ0v) is 21.7. The summed E-state index contributed by atoms with van der Waals surface area (Å²) in [6, 6.07) is 15.6. The fourth-order valence-corrected chi connectivity index (χ4v) is 5.23. The molecule has 175 valence electrons. The minimum atomic E-state index is 0.806. The first-order chi connectivity index (χ1) is 15.8. The van der Waals surface area contributed by atoms with Crippen LogP contribution < -0.4 is 4.74 Å². The van der Waals surface area contributed by atoms with Gasteiger partial charge in [-0.15, -0.1) is 0 Å². The molecule has 0 spiro atoms. The van der Waals surface area contributed by atoms with E-state index in [1.54, 1.807) is 0 Å². The fraction of sp³-hybridized carbons (Fsp3) is 0.567. The lowest BCUT2D eigenvalue weighted by molar-refractivity contribution is 0.302. The van der Waals surface area contributed by atoms with E-state index in [0.717, 1.165) is 29.2 Å². The van der Waals surface area contributed by atoms with E-state index in [1.165, 1.54) is 100 Å². The molecule has 32 heavy (non-hydrogen) atoms. The van der Waals surface area contributed by atoms with Crippen molar-refractivity contribution in [2.45, 2.75) is 96.8 Å². The molecule has 0 saturated heterocycles. The molecule has 2 heteroatoms. The summed E-state index contributed by atoms with van der Waals surface area (Å²) >= 11 is 3.72. The Bertz CT molecular complexity index is 761. The first-order valence-electron chi connectivity index (χ1n) is 13.1. The Morgan fingerprint density at radius 1 is 0.812 bits per heavy atom. The van der Waals surface area contributed by atoms with Gasteiger partial charge in [0.05, 0.1) is 11.1 Å². The maximum Gasteiger partial charge on any atom is 0.133 e. The highest BCUT2D eigenvalue weighted by Gasteiger charge is 2.13. The summed E-state index contributed by atoms with van der Waals surface area (Å²) in [7, 11) is 0. The lowest BCUT2D eigenvalue weighted by Gasteiger charge is -2.21. The molecule has 0 bridgehead atoms. The second-order valence-electron chi connectivity index (χ2n) is 9.51. The molecule has 0 atom stereocenters. The first kappa shape index (κ1) is 25.3. The monoisotopic (exact) mass is 497 g/mol. The molecule has 1 aliphatic carbocycles. The molecular formula is C30H42BrO. The Kier molecular flexibility index (Phi) is 11.7. The van der Waals surface area contributed by atoms with Gasteiger partial charge in [-0.3, -0.25) is 0 Å². The topological polar surface area (TPSA) is 9.23 Å². The van der Waals surface area contributed by atoms with Gasteiger partial charge in [-0.25, -0.2) is 0 Å². The SMILES string of the molecule is CCCCCCCCCCOc1ccc(-c2ccc(CCC3CC[CH]CC3)cc2)cc1Br. The van der Waals surface area contributed by atoms with E-state index in [9.17, 15) is 0 Å². The van der Waals surface area contributed by atoms with Crippen LogP contribution in [0.1, 0.15) is 96.0 Å². The van der Waals surface area contributed by atoms with Crippen LogP contribution in [-0.2, 0) is 6.42 Å². The Morgan fingerprint density at radius 2 is 1.47 bits per heavy atom. The molecule has 3 rings (SSSR count). The second-order valence-corrected chi connectivity index (χ2v) is 10.4. The molecule has 1 aliphatic rings. The van der Waals surface area contributed by atoms with Gasteiger partial charge < -0.3 is 4.74 Å². The molecule has 1 nitrogen and oxygen atoms in total. The molecule has 0 heterocycles. The summed E-state index contributed by atoms with van der Waals surface area (Å²) in [6.45, 7) is 3.08. The van der Waals surface area contributed by atoms with E-state index in [2.05, 4.69) is 71.7 Å². The number of rotatable bonds is 14. The van der Waals surface area contributed by atoms with Crippen molar-refractivity contribution in [2.24, 2.45) is 5.92 Å². The third-order valence-corrected chi connectivity index (χ3v) is 7.49. The van der Waals surface area contributed by atoms with Crippen LogP contribution in [0.2, 0.25) is 0 Å². The number of unbranched alkanes of at least 4 members (excludes halogenated alkanes) is 7. The molecular weight excluding hydrogens is 456 g/mol. The number of aryl methyl sites for hydroxylation is 1. The molecule has 0 aromatic heterocycles. The number of halogens is 1. The minimum absolute atomic E-state index is 0.806. The molecule has 1 fully saturated rings. The van der Waals surface area contributed by atoms with Crippen molar-refractivity contribution in [1.29, 1.82) is 0 Å². The van der Waals surface area contributed by atoms with Gasteiger partial charge in [-0.05, 0) is 89.2 Å². The summed E-state index contributed by atoms with van der Waals surface area (Å²) in [5.41, 5.74) is 3.98. The Morgan fingerprint density at radius 3 is 2.16 bits per heavy atom. The normalized spacial score (nSPS) is 14.6. The van der Waals surface area contributed by atoms with E-state index in [4.69, 9.17) is 4.74 Å². The predicted octanol–water partition coefficient (Wildman–Crippen LogP) is 9.96. The molecule has 2 aromatic rings. The van der Waals surface area contributed by atoms with Crippen molar-refractivity contribution in [3.63, 3.8) is 0 Å². The van der Waals surface area contributed by atoms with Crippen LogP contribution >= 0.6 is 15.9 Å². The summed E-state index contributed by atoms with van der Waals surface area (Å²) < 4.78 is 7.08. The largest absolute Gasteiger partial charge is 0.492 e. The highest BCUT2D eigenvalue weighted by Crippen LogP contribution is 2.32. The molecule has 2 aromatic carbocycles. The van der Waals surface area contributed by atoms with Gasteiger partial charge in [-0.1, -0.05) is 95.0 Å². The molecule has 1 saturated carbocycles. The van der Waals surface area contributed by atoms with Crippen molar-refractivity contribution < 1.29 is 4.74 Å². The average molecular weight is 499 g/mol. The minimum Gasteiger partial charge on any atom is -0.492 e. The van der Waals surface area contributed by atoms with E-state index >= 15 is 0 Å². The molecule has 0 amide bonds. The van der Waals surface area contributed by atoms with Gasteiger partial charge in [-0.2, -0.15) is 0 Å². The average Bonchev–Trinajstić information content (AvgIpc) is 2.83. The number of benzene rings is 2. The van der Waals surface area contributed by atoms with Crippen LogP contribution in [-0.4, -0.2) is 6.61 Å². The molecule has 0 unspecified atom stereocenters. The highest BCUT2D eigenvalue weighted by molar-refractivity contribution is 9.10. The Labute approximate surface area is 205 Å². The van der Waals surface area contributed by atoms with Crippen molar-refractivity contribution in [3.8, 4) is 16.9 Å². The van der Waals surface area contributed by atoms with Crippen LogP contribution in [0, 0.1) is 12.3 Å². The zero-order valence-electron chi connectivity index (χ0n) is 20.1. The third-order valence-electron chi connectivity index (χ3n) is 6.87. The van der Waals surface area contributed by atoms with Gasteiger partial charge in [0.15, 0.2) is 0 Å². The van der Waals surface area contributed by atoms with Crippen LogP contribution in [0.3, 0.4) is 0 Å². The van der Waals surface area contributed by atoms with E-state index in [-0.39, 0.29) is 0 Å². The highest BCUT2D eigenvalue weighted by atomic mass is 79.9. The van der Waals surface area contributed by atoms with Gasteiger partial charge in [0.1, 0.15) is 5.75 Å². The summed E-state index contributed by atoms with van der Waals surface area (Å²) in [5, 5.41) is 0. The van der Waals surface area contributed by atoms with Crippen molar-refractivity contribution in [2.75, 3.05) is 6.61 Å². The fourth-order valence-electron chi connectivity index (χ4n) is 4.73. The van der Waals surface area contributed by atoms with Crippen LogP contribution in [0.4, 0.5) is 0 Å². The maximum atomic E-state index is 6.03. The number of hydrogen-bond donors (Lipinski definition) is 0. The van der Waals surface area contributed by atoms with Gasteiger partial charge in [0.2, 0.25) is 0 Å². The van der Waals surface area contributed by atoms with Crippen molar-refractivity contribution in [3.05, 3.63) is 58.9 Å². The lowest BCUT2D eigenvalue weighted by Crippen LogP contribution is -2.07. The standard InChI is InChI=1S/C30H42BrO/c1-2-3-4-5-6-7-8-12-23-32-30-22-21-28(24-29(30)31)27-19-17-26(18-20-27)16-15-25-13-10-9-11-14-25/h9,17-22,24-25H,2-8,10-16,23H2,1H3. The summed E-state index contributed by atoms with van der Waals surface area (Å²) in [4.78, 5) is 0. The van der Waals surface area contributed by atoms with Crippen LogP contribution in [0.5, 0.6) is 5.75 Å². The zero-order chi connectivity index (χ0) is 22.4. The third kappa shape index (κ3) is 8.93. The Balaban J connectivity index is 1.39. The van der Waals surface area contributed by atoms with E-state index in [0.29, 0.717) is 0 Å². The smallest absolute Gasteiger partial charge is 0.133 e. The van der Waals surface area contributed by atoms with E-state index in [1.807, 2.05) is 0 Å². The van der Waals surface area contributed by atoms with Crippen LogP contribution in [0.15, 0.2) is 46.9 Å².